The molecule has 4 nitrogen and oxygen atoms in total. The molecule has 1 heterocycles. The number of benzene rings is 1. The van der Waals surface area contributed by atoms with Gasteiger partial charge in [-0.2, -0.15) is 4.99 Å². The Labute approximate surface area is 178 Å². The van der Waals surface area contributed by atoms with Crippen molar-refractivity contribution in [2.24, 2.45) is 28.2 Å². The van der Waals surface area contributed by atoms with Crippen molar-refractivity contribution >= 4 is 17.2 Å². The van der Waals surface area contributed by atoms with Crippen LogP contribution < -0.4 is 4.80 Å². The average Bonchev–Trinajstić information content (AvgIpc) is 3.07. The number of carbonyl (C=O) groups excluding carboxylic acids is 1. The monoisotopic (exact) mass is 432 g/mol. The van der Waals surface area contributed by atoms with Crippen LogP contribution in [0.25, 0.3) is 10.4 Å². The van der Waals surface area contributed by atoms with Crippen LogP contribution in [0.3, 0.4) is 0 Å². The van der Waals surface area contributed by atoms with Crippen LogP contribution in [-0.4, -0.2) is 24.2 Å². The van der Waals surface area contributed by atoms with Gasteiger partial charge in [-0.15, -0.1) is 0 Å². The molecule has 7 heteroatoms. The van der Waals surface area contributed by atoms with Gasteiger partial charge in [0.25, 0.3) is 5.91 Å². The van der Waals surface area contributed by atoms with Gasteiger partial charge < -0.3 is 9.30 Å². The zero-order chi connectivity index (χ0) is 20.9. The van der Waals surface area contributed by atoms with E-state index in [0.717, 1.165) is 25.3 Å². The van der Waals surface area contributed by atoms with Crippen molar-refractivity contribution in [1.82, 2.24) is 4.57 Å². The second-order valence-electron chi connectivity index (χ2n) is 9.30. The summed E-state index contributed by atoms with van der Waals surface area (Å²) < 4.78 is 34.7. The fourth-order valence-electron chi connectivity index (χ4n) is 6.21. The second-order valence-corrected chi connectivity index (χ2v) is 10.3. The Kier molecular flexibility index (Phi) is 5.14. The summed E-state index contributed by atoms with van der Waals surface area (Å²) in [7, 11) is 1.62. The molecule has 4 bridgehead atoms. The third-order valence-corrected chi connectivity index (χ3v) is 8.20. The van der Waals surface area contributed by atoms with E-state index in [-0.39, 0.29) is 11.3 Å². The van der Waals surface area contributed by atoms with Gasteiger partial charge >= 0.3 is 0 Å². The number of aromatic nitrogens is 1. The van der Waals surface area contributed by atoms with Gasteiger partial charge in [-0.1, -0.05) is 11.3 Å². The first-order valence-corrected chi connectivity index (χ1v) is 11.5. The lowest BCUT2D eigenvalue weighted by atomic mass is 9.49. The third kappa shape index (κ3) is 3.56. The van der Waals surface area contributed by atoms with Gasteiger partial charge in [-0.25, -0.2) is 8.78 Å². The van der Waals surface area contributed by atoms with E-state index in [1.165, 1.54) is 42.7 Å². The van der Waals surface area contributed by atoms with Crippen molar-refractivity contribution < 1.29 is 18.3 Å². The molecule has 0 N–H and O–H groups in total. The highest BCUT2D eigenvalue weighted by Gasteiger charge is 2.54. The lowest BCUT2D eigenvalue weighted by Crippen LogP contribution is -2.49. The Bertz CT molecular complexity index is 1010. The molecule has 4 saturated carbocycles. The number of halogens is 2. The molecule has 30 heavy (non-hydrogen) atoms. The van der Waals surface area contributed by atoms with Crippen LogP contribution in [0.4, 0.5) is 8.78 Å². The van der Waals surface area contributed by atoms with Crippen molar-refractivity contribution in [2.75, 3.05) is 13.7 Å². The van der Waals surface area contributed by atoms with E-state index < -0.39 is 11.6 Å². The van der Waals surface area contributed by atoms with E-state index in [4.69, 9.17) is 4.74 Å². The smallest absolute Gasteiger partial charge is 0.254 e. The summed E-state index contributed by atoms with van der Waals surface area (Å²) in [6.07, 6.45) is 8.48. The summed E-state index contributed by atoms with van der Waals surface area (Å²) in [5, 5.41) is 0. The van der Waals surface area contributed by atoms with Gasteiger partial charge in [0.2, 0.25) is 0 Å². The highest BCUT2D eigenvalue weighted by Crippen LogP contribution is 2.60. The first kappa shape index (κ1) is 20.1. The summed E-state index contributed by atoms with van der Waals surface area (Å²) in [4.78, 5) is 19.2. The van der Waals surface area contributed by atoms with E-state index >= 15 is 0 Å². The number of hydrogen-bond acceptors (Lipinski definition) is 3. The maximum absolute atomic E-state index is 14.3. The minimum atomic E-state index is -0.617. The SMILES string of the molecule is COCCn1cc(-c2ccc(F)cc2F)s/c1=N\C(=O)C12CC3CC(CC(C3)C1)C2. The molecule has 4 aliphatic rings. The fraction of sp³-hybridized carbons (Fsp3) is 0.565. The van der Waals surface area contributed by atoms with Gasteiger partial charge in [-0.3, -0.25) is 4.79 Å². The predicted octanol–water partition coefficient (Wildman–Crippen LogP) is 4.78. The number of rotatable bonds is 5. The molecular weight excluding hydrogens is 406 g/mol. The van der Waals surface area contributed by atoms with Gasteiger partial charge in [0, 0.05) is 31.5 Å². The van der Waals surface area contributed by atoms with E-state index in [1.54, 1.807) is 13.3 Å². The van der Waals surface area contributed by atoms with Crippen LogP contribution in [0.1, 0.15) is 38.5 Å². The lowest BCUT2D eigenvalue weighted by Gasteiger charge is -2.55. The number of ether oxygens (including phenoxy) is 1. The van der Waals surface area contributed by atoms with E-state index in [0.29, 0.717) is 46.1 Å². The summed E-state index contributed by atoms with van der Waals surface area (Å²) >= 11 is 1.27. The van der Waals surface area contributed by atoms with Crippen molar-refractivity contribution in [3.63, 3.8) is 0 Å². The largest absolute Gasteiger partial charge is 0.383 e. The standard InChI is InChI=1S/C23H26F2N2O2S/c1-29-5-4-27-13-20(18-3-2-17(24)9-19(18)25)30-22(27)26-21(28)23-10-14-6-15(11-23)8-16(7-14)12-23/h2-3,9,13-16H,4-8,10-12H2,1H3/b26-22-. The van der Waals surface area contributed by atoms with Crippen LogP contribution in [0.15, 0.2) is 29.4 Å². The number of carbonyl (C=O) groups is 1. The van der Waals surface area contributed by atoms with Gasteiger partial charge in [0.05, 0.1) is 16.9 Å². The van der Waals surface area contributed by atoms with Gasteiger partial charge in [0.15, 0.2) is 4.80 Å². The Morgan fingerprint density at radius 3 is 2.47 bits per heavy atom. The molecular formula is C23H26F2N2O2S. The fourth-order valence-corrected chi connectivity index (χ4v) is 7.25. The van der Waals surface area contributed by atoms with E-state index in [2.05, 4.69) is 4.99 Å². The highest BCUT2D eigenvalue weighted by molar-refractivity contribution is 7.12. The minimum Gasteiger partial charge on any atom is -0.383 e. The molecule has 4 aliphatic carbocycles. The zero-order valence-corrected chi connectivity index (χ0v) is 17.9. The molecule has 6 rings (SSSR count). The predicted molar refractivity (Wildman–Crippen MR) is 111 cm³/mol. The number of hydrogen-bond donors (Lipinski definition) is 0. The Morgan fingerprint density at radius 2 is 1.87 bits per heavy atom. The first-order chi connectivity index (χ1) is 14.5. The van der Waals surface area contributed by atoms with Crippen molar-refractivity contribution in [3.8, 4) is 10.4 Å². The van der Waals surface area contributed by atoms with Crippen molar-refractivity contribution in [1.29, 1.82) is 0 Å². The van der Waals surface area contributed by atoms with Crippen LogP contribution in [0.5, 0.6) is 0 Å². The second kappa shape index (κ2) is 7.68. The maximum Gasteiger partial charge on any atom is 0.254 e. The van der Waals surface area contributed by atoms with Gasteiger partial charge in [0.1, 0.15) is 11.6 Å². The first-order valence-electron chi connectivity index (χ1n) is 10.7. The molecule has 160 valence electrons. The molecule has 0 unspecified atom stereocenters. The normalized spacial score (nSPS) is 30.2. The number of nitrogens with zero attached hydrogens (tertiary/aromatic N) is 2. The maximum atomic E-state index is 14.3. The third-order valence-electron chi connectivity index (χ3n) is 7.14. The molecule has 0 spiro atoms. The highest BCUT2D eigenvalue weighted by atomic mass is 32.1. The van der Waals surface area contributed by atoms with E-state index in [9.17, 15) is 13.6 Å². The molecule has 2 aromatic rings. The Balaban J connectivity index is 1.51. The molecule has 0 radical (unpaired) electrons. The minimum absolute atomic E-state index is 0.0132. The summed E-state index contributed by atoms with van der Waals surface area (Å²) in [6.45, 7) is 0.976. The van der Waals surface area contributed by atoms with Crippen molar-refractivity contribution in [3.05, 3.63) is 40.8 Å². The molecule has 0 saturated heterocycles. The molecule has 4 fully saturated rings. The number of thiazole rings is 1. The summed E-state index contributed by atoms with van der Waals surface area (Å²) in [6, 6.07) is 3.56. The Hall–Kier alpha value is -1.86. The topological polar surface area (TPSA) is 43.6 Å². The quantitative estimate of drug-likeness (QED) is 0.682. The summed E-state index contributed by atoms with van der Waals surface area (Å²) in [5.41, 5.74) is 0.00956. The van der Waals surface area contributed by atoms with Crippen molar-refractivity contribution in [2.45, 2.75) is 45.1 Å². The van der Waals surface area contributed by atoms with Crippen LogP contribution in [0.2, 0.25) is 0 Å². The molecule has 0 atom stereocenters. The lowest BCUT2D eigenvalue weighted by molar-refractivity contribution is -0.142. The molecule has 1 aromatic carbocycles. The summed E-state index contributed by atoms with van der Waals surface area (Å²) in [5.74, 6) is 0.770. The number of amides is 1. The molecule has 1 aromatic heterocycles. The van der Waals surface area contributed by atoms with Crippen LogP contribution in [-0.2, 0) is 16.1 Å². The molecule has 0 aliphatic heterocycles. The molecule has 1 amide bonds. The number of methoxy groups -OCH3 is 1. The van der Waals surface area contributed by atoms with Crippen LogP contribution in [0, 0.1) is 34.8 Å². The van der Waals surface area contributed by atoms with Crippen LogP contribution >= 0.6 is 11.3 Å². The Morgan fingerprint density at radius 1 is 1.20 bits per heavy atom. The zero-order valence-electron chi connectivity index (χ0n) is 17.1. The van der Waals surface area contributed by atoms with Gasteiger partial charge in [-0.05, 0) is 68.4 Å². The van der Waals surface area contributed by atoms with E-state index in [1.807, 2.05) is 4.57 Å². The average molecular weight is 433 g/mol.